The second kappa shape index (κ2) is 5.30. The molecule has 0 saturated heterocycles. The van der Waals surface area contributed by atoms with Crippen molar-refractivity contribution in [2.45, 2.75) is 26.4 Å². The van der Waals surface area contributed by atoms with Gasteiger partial charge in [0.2, 0.25) is 0 Å². The van der Waals surface area contributed by atoms with Gasteiger partial charge in [-0.05, 0) is 45.0 Å². The number of fused-ring (bicyclic) bond motifs is 2. The minimum Gasteiger partial charge on any atom is -0.444 e. The van der Waals surface area contributed by atoms with Crippen molar-refractivity contribution in [3.63, 3.8) is 0 Å². The quantitative estimate of drug-likeness (QED) is 0.660. The molecular weight excluding hydrogens is 276 g/mol. The number of pyridine rings is 1. The van der Waals surface area contributed by atoms with Crippen LogP contribution < -0.4 is 5.32 Å². The second-order valence-electron chi connectivity index (χ2n) is 6.22. The van der Waals surface area contributed by atoms with Crippen LogP contribution in [0, 0.1) is 0 Å². The van der Waals surface area contributed by atoms with Crippen LogP contribution in [0.4, 0.5) is 10.5 Å². The summed E-state index contributed by atoms with van der Waals surface area (Å²) in [5, 5.41) is 4.87. The maximum Gasteiger partial charge on any atom is 0.412 e. The number of para-hydroxylation sites is 1. The minimum absolute atomic E-state index is 0.465. The number of carbonyl (C=O) groups excluding carboxylic acids is 1. The molecule has 1 amide bonds. The van der Waals surface area contributed by atoms with E-state index in [1.807, 2.05) is 63.2 Å². The summed E-state index contributed by atoms with van der Waals surface area (Å²) in [7, 11) is 0. The lowest BCUT2D eigenvalue weighted by Crippen LogP contribution is -2.27. The summed E-state index contributed by atoms with van der Waals surface area (Å²) in [5.41, 5.74) is 1.93. The van der Waals surface area contributed by atoms with Crippen molar-refractivity contribution in [2.24, 2.45) is 0 Å². The van der Waals surface area contributed by atoms with E-state index >= 15 is 0 Å². The number of hydrogen-bond acceptors (Lipinski definition) is 3. The van der Waals surface area contributed by atoms with E-state index in [0.717, 1.165) is 21.8 Å². The van der Waals surface area contributed by atoms with Crippen LogP contribution in [0.25, 0.3) is 21.8 Å². The molecule has 0 unspecified atom stereocenters. The number of carbonyl (C=O) groups is 1. The van der Waals surface area contributed by atoms with Crippen molar-refractivity contribution in [3.05, 3.63) is 48.5 Å². The molecule has 3 rings (SSSR count). The average Bonchev–Trinajstić information content (AvgIpc) is 2.43. The molecule has 0 saturated carbocycles. The molecule has 0 aliphatic carbocycles. The highest BCUT2D eigenvalue weighted by Crippen LogP contribution is 2.22. The van der Waals surface area contributed by atoms with Crippen LogP contribution in [0.1, 0.15) is 20.8 Å². The predicted molar refractivity (Wildman–Crippen MR) is 89.1 cm³/mol. The Hall–Kier alpha value is -2.62. The van der Waals surface area contributed by atoms with Crippen LogP contribution in [-0.4, -0.2) is 16.7 Å². The molecule has 0 radical (unpaired) electrons. The summed E-state index contributed by atoms with van der Waals surface area (Å²) >= 11 is 0. The zero-order valence-electron chi connectivity index (χ0n) is 12.9. The van der Waals surface area contributed by atoms with E-state index in [1.54, 1.807) is 0 Å². The number of aromatic nitrogens is 1. The molecule has 22 heavy (non-hydrogen) atoms. The van der Waals surface area contributed by atoms with Gasteiger partial charge in [0.25, 0.3) is 0 Å². The number of nitrogens with one attached hydrogen (secondary N) is 1. The first kappa shape index (κ1) is 14.3. The van der Waals surface area contributed by atoms with E-state index in [2.05, 4.69) is 16.4 Å². The number of anilines is 1. The van der Waals surface area contributed by atoms with Gasteiger partial charge in [0, 0.05) is 16.5 Å². The zero-order valence-corrected chi connectivity index (χ0v) is 12.9. The fourth-order valence-corrected chi connectivity index (χ4v) is 2.27. The van der Waals surface area contributed by atoms with Crippen LogP contribution >= 0.6 is 0 Å². The normalized spacial score (nSPS) is 11.6. The van der Waals surface area contributed by atoms with Gasteiger partial charge >= 0.3 is 6.09 Å². The van der Waals surface area contributed by atoms with Gasteiger partial charge < -0.3 is 4.74 Å². The highest BCUT2D eigenvalue weighted by Gasteiger charge is 2.16. The summed E-state index contributed by atoms with van der Waals surface area (Å²) in [6.07, 6.45) is -0.465. The van der Waals surface area contributed by atoms with E-state index < -0.39 is 11.7 Å². The maximum atomic E-state index is 11.8. The van der Waals surface area contributed by atoms with Crippen LogP contribution in [-0.2, 0) is 4.74 Å². The fourth-order valence-electron chi connectivity index (χ4n) is 2.27. The molecule has 1 heterocycles. The summed E-state index contributed by atoms with van der Waals surface area (Å²) in [6.45, 7) is 5.50. The third kappa shape index (κ3) is 3.17. The monoisotopic (exact) mass is 294 g/mol. The van der Waals surface area contributed by atoms with Gasteiger partial charge in [-0.1, -0.05) is 24.3 Å². The first-order chi connectivity index (χ1) is 10.4. The lowest BCUT2D eigenvalue weighted by Gasteiger charge is -2.19. The molecule has 4 heteroatoms. The SMILES string of the molecule is CC(C)(C)OC(=O)Nc1ccc2cc3ccccc3nc2c1. The summed E-state index contributed by atoms with van der Waals surface area (Å²) < 4.78 is 5.25. The first-order valence-corrected chi connectivity index (χ1v) is 7.20. The molecule has 3 aromatic rings. The number of benzene rings is 2. The molecule has 0 atom stereocenters. The highest BCUT2D eigenvalue weighted by atomic mass is 16.6. The maximum absolute atomic E-state index is 11.8. The third-order valence-electron chi connectivity index (χ3n) is 3.16. The van der Waals surface area contributed by atoms with Crippen LogP contribution in [0.5, 0.6) is 0 Å². The summed E-state index contributed by atoms with van der Waals surface area (Å²) in [5.74, 6) is 0. The third-order valence-corrected chi connectivity index (χ3v) is 3.16. The van der Waals surface area contributed by atoms with Crippen molar-refractivity contribution in [3.8, 4) is 0 Å². The summed E-state index contributed by atoms with van der Waals surface area (Å²) in [4.78, 5) is 16.5. The Morgan fingerprint density at radius 3 is 2.50 bits per heavy atom. The lowest BCUT2D eigenvalue weighted by atomic mass is 10.1. The topological polar surface area (TPSA) is 51.2 Å². The Morgan fingerprint density at radius 1 is 1.00 bits per heavy atom. The minimum atomic E-state index is -0.518. The van der Waals surface area contributed by atoms with E-state index in [4.69, 9.17) is 4.74 Å². The Kier molecular flexibility index (Phi) is 3.45. The number of nitrogens with zero attached hydrogens (tertiary/aromatic N) is 1. The average molecular weight is 294 g/mol. The fraction of sp³-hybridized carbons (Fsp3) is 0.222. The number of ether oxygens (including phenoxy) is 1. The number of amides is 1. The van der Waals surface area contributed by atoms with Crippen molar-refractivity contribution in [2.75, 3.05) is 5.32 Å². The Morgan fingerprint density at radius 2 is 1.73 bits per heavy atom. The highest BCUT2D eigenvalue weighted by molar-refractivity contribution is 5.95. The molecule has 4 nitrogen and oxygen atoms in total. The van der Waals surface area contributed by atoms with E-state index in [9.17, 15) is 4.79 Å². The predicted octanol–water partition coefficient (Wildman–Crippen LogP) is 4.74. The Bertz CT molecular complexity index is 850. The van der Waals surface area contributed by atoms with Gasteiger partial charge in [-0.15, -0.1) is 0 Å². The number of hydrogen-bond donors (Lipinski definition) is 1. The van der Waals surface area contributed by atoms with Crippen molar-refractivity contribution in [1.82, 2.24) is 4.98 Å². The van der Waals surface area contributed by atoms with Gasteiger partial charge in [0.1, 0.15) is 5.60 Å². The second-order valence-corrected chi connectivity index (χ2v) is 6.22. The molecule has 0 spiro atoms. The van der Waals surface area contributed by atoms with Crippen LogP contribution in [0.3, 0.4) is 0 Å². The van der Waals surface area contributed by atoms with Crippen molar-refractivity contribution < 1.29 is 9.53 Å². The molecule has 1 aromatic heterocycles. The Balaban J connectivity index is 1.92. The van der Waals surface area contributed by atoms with Crippen LogP contribution in [0.2, 0.25) is 0 Å². The first-order valence-electron chi connectivity index (χ1n) is 7.20. The molecular formula is C18H18N2O2. The van der Waals surface area contributed by atoms with Crippen molar-refractivity contribution >= 4 is 33.6 Å². The van der Waals surface area contributed by atoms with Crippen molar-refractivity contribution in [1.29, 1.82) is 0 Å². The van der Waals surface area contributed by atoms with E-state index in [1.165, 1.54) is 0 Å². The molecule has 0 aliphatic rings. The molecule has 0 bridgehead atoms. The molecule has 2 aromatic carbocycles. The van der Waals surface area contributed by atoms with E-state index in [0.29, 0.717) is 5.69 Å². The van der Waals surface area contributed by atoms with Gasteiger partial charge in [-0.2, -0.15) is 0 Å². The largest absolute Gasteiger partial charge is 0.444 e. The molecule has 0 fully saturated rings. The molecule has 1 N–H and O–H groups in total. The summed E-state index contributed by atoms with van der Waals surface area (Å²) in [6, 6.07) is 15.7. The van der Waals surface area contributed by atoms with Crippen LogP contribution in [0.15, 0.2) is 48.5 Å². The lowest BCUT2D eigenvalue weighted by molar-refractivity contribution is 0.0636. The standard InChI is InChI=1S/C18H18N2O2/c1-18(2,3)22-17(21)19-14-9-8-13-10-12-6-4-5-7-15(12)20-16(13)11-14/h4-11H,1-3H3,(H,19,21). The van der Waals surface area contributed by atoms with Gasteiger partial charge in [-0.3, -0.25) is 5.32 Å². The molecule has 0 aliphatic heterocycles. The van der Waals surface area contributed by atoms with Gasteiger partial charge in [-0.25, -0.2) is 9.78 Å². The molecule has 112 valence electrons. The smallest absolute Gasteiger partial charge is 0.412 e. The van der Waals surface area contributed by atoms with E-state index in [-0.39, 0.29) is 0 Å². The van der Waals surface area contributed by atoms with Gasteiger partial charge in [0.05, 0.1) is 11.0 Å². The van der Waals surface area contributed by atoms with Gasteiger partial charge in [0.15, 0.2) is 0 Å². The number of rotatable bonds is 1. The Labute approximate surface area is 129 Å². The zero-order chi connectivity index (χ0) is 15.7.